The standard InChI is InChI=1S/C19H21FN6O2/c1-11(13-9-12(20)5-6-15(13)27-4)22-16-7-8-26-18(23-16)14(10-21-26)17-24-19(2,3)28-25-17/h5-11H,1-4H3,(H,22,23)(H,24,25)/t11-/m1/s1. The van der Waals surface area contributed by atoms with Crippen LogP contribution in [0.1, 0.15) is 37.9 Å². The number of benzene rings is 1. The number of amidine groups is 1. The van der Waals surface area contributed by atoms with Gasteiger partial charge in [0.25, 0.3) is 0 Å². The lowest BCUT2D eigenvalue weighted by Gasteiger charge is -2.18. The zero-order valence-corrected chi connectivity index (χ0v) is 16.0. The van der Waals surface area contributed by atoms with Gasteiger partial charge in [-0.2, -0.15) is 5.10 Å². The summed E-state index contributed by atoms with van der Waals surface area (Å²) in [6.45, 7) is 5.67. The maximum atomic E-state index is 13.7. The molecule has 1 aliphatic heterocycles. The van der Waals surface area contributed by atoms with Crippen LogP contribution in [0.15, 0.2) is 41.8 Å². The summed E-state index contributed by atoms with van der Waals surface area (Å²) in [5.74, 6) is 1.48. The third kappa shape index (κ3) is 3.30. The summed E-state index contributed by atoms with van der Waals surface area (Å²) in [7, 11) is 1.56. The van der Waals surface area contributed by atoms with Crippen LogP contribution in [0.2, 0.25) is 0 Å². The smallest absolute Gasteiger partial charge is 0.203 e. The van der Waals surface area contributed by atoms with Crippen LogP contribution in [0, 0.1) is 5.82 Å². The molecule has 3 aromatic rings. The van der Waals surface area contributed by atoms with Gasteiger partial charge in [0.1, 0.15) is 17.4 Å². The molecule has 0 saturated carbocycles. The minimum Gasteiger partial charge on any atom is -0.496 e. The van der Waals surface area contributed by atoms with Gasteiger partial charge >= 0.3 is 0 Å². The molecular formula is C19H21FN6O2. The highest BCUT2D eigenvalue weighted by Gasteiger charge is 2.30. The Morgan fingerprint density at radius 1 is 1.32 bits per heavy atom. The van der Waals surface area contributed by atoms with Crippen LogP contribution in [-0.2, 0) is 4.84 Å². The van der Waals surface area contributed by atoms with E-state index in [1.54, 1.807) is 36.2 Å². The molecule has 2 N–H and O–H groups in total. The van der Waals surface area contributed by atoms with E-state index in [9.17, 15) is 4.39 Å². The van der Waals surface area contributed by atoms with Crippen LogP contribution in [0.5, 0.6) is 5.75 Å². The Balaban J connectivity index is 1.64. The van der Waals surface area contributed by atoms with E-state index >= 15 is 0 Å². The first-order valence-electron chi connectivity index (χ1n) is 8.85. The van der Waals surface area contributed by atoms with Crippen LogP contribution in [-0.4, -0.2) is 33.3 Å². The van der Waals surface area contributed by atoms with Gasteiger partial charge in [0, 0.05) is 11.8 Å². The van der Waals surface area contributed by atoms with Gasteiger partial charge in [0.15, 0.2) is 11.5 Å². The summed E-state index contributed by atoms with van der Waals surface area (Å²) in [4.78, 5) is 10.0. The van der Waals surface area contributed by atoms with Crippen molar-refractivity contribution in [2.75, 3.05) is 12.4 Å². The number of nitrogens with one attached hydrogen (secondary N) is 2. The molecule has 8 nitrogen and oxygen atoms in total. The number of nitrogens with zero attached hydrogens (tertiary/aromatic N) is 4. The molecule has 28 heavy (non-hydrogen) atoms. The summed E-state index contributed by atoms with van der Waals surface area (Å²) >= 11 is 0. The van der Waals surface area contributed by atoms with Gasteiger partial charge in [-0.15, -0.1) is 0 Å². The summed E-state index contributed by atoms with van der Waals surface area (Å²) in [5, 5.41) is 14.9. The number of aromatic nitrogens is 3. The van der Waals surface area contributed by atoms with Gasteiger partial charge in [0.2, 0.25) is 5.72 Å². The second kappa shape index (κ2) is 6.66. The number of fused-ring (bicyclic) bond motifs is 1. The van der Waals surface area contributed by atoms with Crippen LogP contribution in [0.3, 0.4) is 0 Å². The quantitative estimate of drug-likeness (QED) is 0.703. The lowest BCUT2D eigenvalue weighted by Crippen LogP contribution is -2.38. The summed E-state index contributed by atoms with van der Waals surface area (Å²) in [6.07, 6.45) is 3.48. The number of rotatable bonds is 5. The van der Waals surface area contributed by atoms with Crippen molar-refractivity contribution < 1.29 is 14.0 Å². The minimum atomic E-state index is -0.581. The van der Waals surface area contributed by atoms with Crippen LogP contribution in [0.25, 0.3) is 5.65 Å². The molecule has 0 saturated heterocycles. The maximum absolute atomic E-state index is 13.7. The molecule has 0 aliphatic carbocycles. The molecule has 3 heterocycles. The van der Waals surface area contributed by atoms with Crippen LogP contribution < -0.4 is 15.4 Å². The predicted molar refractivity (Wildman–Crippen MR) is 103 cm³/mol. The van der Waals surface area contributed by atoms with Crippen molar-refractivity contribution in [1.29, 1.82) is 0 Å². The van der Waals surface area contributed by atoms with Gasteiger partial charge in [0.05, 0.1) is 24.9 Å². The van der Waals surface area contributed by atoms with E-state index in [2.05, 4.69) is 25.9 Å². The molecule has 1 aliphatic rings. The normalized spacial score (nSPS) is 16.2. The molecule has 0 spiro atoms. The fourth-order valence-corrected chi connectivity index (χ4v) is 3.07. The number of methoxy groups -OCH3 is 1. The van der Waals surface area contributed by atoms with Crippen molar-refractivity contribution in [3.8, 4) is 5.75 Å². The monoisotopic (exact) mass is 384 g/mol. The Hall–Kier alpha value is -3.36. The number of hydrogen-bond acceptors (Lipinski definition) is 7. The number of anilines is 1. The lowest BCUT2D eigenvalue weighted by atomic mass is 10.1. The molecule has 0 bridgehead atoms. The van der Waals surface area contributed by atoms with Crippen molar-refractivity contribution in [3.63, 3.8) is 0 Å². The molecule has 0 unspecified atom stereocenters. The Morgan fingerprint density at radius 2 is 2.14 bits per heavy atom. The van der Waals surface area contributed by atoms with E-state index in [0.29, 0.717) is 28.6 Å². The van der Waals surface area contributed by atoms with E-state index in [4.69, 9.17) is 9.57 Å². The van der Waals surface area contributed by atoms with Crippen molar-refractivity contribution in [1.82, 2.24) is 19.9 Å². The zero-order chi connectivity index (χ0) is 19.9. The van der Waals surface area contributed by atoms with E-state index in [0.717, 1.165) is 5.56 Å². The highest BCUT2D eigenvalue weighted by atomic mass is 19.1. The van der Waals surface area contributed by atoms with E-state index in [1.807, 2.05) is 20.8 Å². The highest BCUT2D eigenvalue weighted by Crippen LogP contribution is 2.28. The summed E-state index contributed by atoms with van der Waals surface area (Å²) < 4.78 is 20.7. The Morgan fingerprint density at radius 3 is 2.86 bits per heavy atom. The maximum Gasteiger partial charge on any atom is 0.203 e. The van der Waals surface area contributed by atoms with Gasteiger partial charge in [-0.3, -0.25) is 0 Å². The second-order valence-electron chi connectivity index (χ2n) is 7.06. The van der Waals surface area contributed by atoms with Gasteiger partial charge in [-0.25, -0.2) is 13.9 Å². The molecule has 0 radical (unpaired) electrons. The molecule has 4 rings (SSSR count). The molecule has 0 amide bonds. The topological polar surface area (TPSA) is 85.1 Å². The average Bonchev–Trinajstić information content (AvgIpc) is 3.24. The highest BCUT2D eigenvalue weighted by molar-refractivity contribution is 6.04. The molecule has 1 atom stereocenters. The number of oxime groups is 1. The van der Waals surface area contributed by atoms with E-state index < -0.39 is 5.72 Å². The first-order chi connectivity index (χ1) is 13.4. The fraction of sp³-hybridized carbons (Fsp3) is 0.316. The summed E-state index contributed by atoms with van der Waals surface area (Å²) in [5.41, 5.74) is 1.47. The summed E-state index contributed by atoms with van der Waals surface area (Å²) in [6, 6.07) is 6.01. The van der Waals surface area contributed by atoms with Crippen molar-refractivity contribution in [2.45, 2.75) is 32.5 Å². The van der Waals surface area contributed by atoms with Gasteiger partial charge in [-0.1, -0.05) is 5.16 Å². The molecule has 9 heteroatoms. The third-order valence-electron chi connectivity index (χ3n) is 4.43. The predicted octanol–water partition coefficient (Wildman–Crippen LogP) is 3.07. The molecule has 1 aromatic carbocycles. The third-order valence-corrected chi connectivity index (χ3v) is 4.43. The zero-order valence-electron chi connectivity index (χ0n) is 16.0. The van der Waals surface area contributed by atoms with Crippen molar-refractivity contribution >= 4 is 17.3 Å². The molecule has 2 aromatic heterocycles. The minimum absolute atomic E-state index is 0.226. The Labute approximate surface area is 161 Å². The molecule has 146 valence electrons. The number of halogens is 1. The second-order valence-corrected chi connectivity index (χ2v) is 7.06. The van der Waals surface area contributed by atoms with Crippen molar-refractivity contribution in [3.05, 3.63) is 53.6 Å². The van der Waals surface area contributed by atoms with Crippen LogP contribution >= 0.6 is 0 Å². The number of hydrogen-bond donors (Lipinski definition) is 2. The van der Waals surface area contributed by atoms with Crippen LogP contribution in [0.4, 0.5) is 10.2 Å². The first kappa shape index (κ1) is 18.0. The lowest BCUT2D eigenvalue weighted by molar-refractivity contribution is -0.00234. The first-order valence-corrected chi connectivity index (χ1v) is 8.85. The number of ether oxygens (including phenoxy) is 1. The van der Waals surface area contributed by atoms with E-state index in [1.165, 1.54) is 12.1 Å². The SMILES string of the molecule is COc1ccc(F)cc1[C@@H](C)Nc1ccn2ncc(C3=NOC(C)(C)N3)c2n1. The Kier molecular flexibility index (Phi) is 4.29. The molecule has 0 fully saturated rings. The van der Waals surface area contributed by atoms with E-state index in [-0.39, 0.29) is 11.9 Å². The average molecular weight is 384 g/mol. The van der Waals surface area contributed by atoms with Gasteiger partial charge < -0.3 is 20.2 Å². The molecular weight excluding hydrogens is 363 g/mol. The fourth-order valence-electron chi connectivity index (χ4n) is 3.07. The van der Waals surface area contributed by atoms with Gasteiger partial charge in [-0.05, 0) is 45.0 Å². The Bertz CT molecular complexity index is 1060. The van der Waals surface area contributed by atoms with Crippen molar-refractivity contribution in [2.24, 2.45) is 5.16 Å². The largest absolute Gasteiger partial charge is 0.496 e.